The molecular weight excluding hydrogens is 298 g/mol. The van der Waals surface area contributed by atoms with Crippen molar-refractivity contribution in [1.29, 1.82) is 0 Å². The van der Waals surface area contributed by atoms with Gasteiger partial charge in [0, 0.05) is 6.54 Å². The number of carbonyl (C=O) groups is 1. The zero-order valence-corrected chi connectivity index (χ0v) is 12.8. The lowest BCUT2D eigenvalue weighted by atomic mass is 10.2. The highest BCUT2D eigenvalue weighted by atomic mass is 32.2. The third kappa shape index (κ3) is 3.50. The maximum absolute atomic E-state index is 12.2. The van der Waals surface area contributed by atoms with E-state index in [2.05, 4.69) is 20.5 Å². The number of methoxy groups -OCH3 is 1. The molecule has 0 saturated carbocycles. The lowest BCUT2D eigenvalue weighted by molar-refractivity contribution is -0.119. The zero-order chi connectivity index (χ0) is 15.5. The van der Waals surface area contributed by atoms with E-state index in [-0.39, 0.29) is 17.7 Å². The van der Waals surface area contributed by atoms with E-state index in [1.807, 2.05) is 0 Å². The Morgan fingerprint density at radius 1 is 1.57 bits per heavy atom. The fraction of sp³-hybridized carbons (Fsp3) is 0.727. The second-order valence-corrected chi connectivity index (χ2v) is 6.79. The lowest BCUT2D eigenvalue weighted by Crippen LogP contribution is -2.44. The summed E-state index contributed by atoms with van der Waals surface area (Å²) in [6.07, 6.45) is 1.69. The highest BCUT2D eigenvalue weighted by Gasteiger charge is 2.38. The van der Waals surface area contributed by atoms with E-state index in [0.29, 0.717) is 25.8 Å². The molecule has 1 aromatic heterocycles. The molecule has 1 unspecified atom stereocenters. The first kappa shape index (κ1) is 15.7. The maximum Gasteiger partial charge on any atom is 0.336 e. The van der Waals surface area contributed by atoms with Crippen molar-refractivity contribution in [3.8, 4) is 6.01 Å². The predicted molar refractivity (Wildman–Crippen MR) is 75.4 cm³/mol. The number of carbonyl (C=O) groups excluding carboxylic acids is 1. The molecule has 0 bridgehead atoms. The van der Waals surface area contributed by atoms with E-state index in [9.17, 15) is 13.2 Å². The van der Waals surface area contributed by atoms with Crippen LogP contribution < -0.4 is 10.1 Å². The standard InChI is InChI=1S/C11H19N5O4S/c1-3-7-21(18,19)16-6-4-5-8(16)9(17)12-10-13-11(20-2)15-14-10/h8H,3-7H2,1-2H3,(H2,12,13,14,15,17). The van der Waals surface area contributed by atoms with Crippen LogP contribution >= 0.6 is 0 Å². The monoisotopic (exact) mass is 317 g/mol. The summed E-state index contributed by atoms with van der Waals surface area (Å²) in [5.41, 5.74) is 0. The number of amides is 1. The minimum absolute atomic E-state index is 0.0485. The summed E-state index contributed by atoms with van der Waals surface area (Å²) in [6.45, 7) is 2.17. The summed E-state index contributed by atoms with van der Waals surface area (Å²) < 4.78 is 30.4. The number of anilines is 1. The van der Waals surface area contributed by atoms with E-state index < -0.39 is 22.0 Å². The fourth-order valence-electron chi connectivity index (χ4n) is 2.30. The van der Waals surface area contributed by atoms with E-state index in [1.165, 1.54) is 11.4 Å². The molecule has 0 spiro atoms. The Kier molecular flexibility index (Phi) is 4.78. The fourth-order valence-corrected chi connectivity index (χ4v) is 4.05. The molecule has 2 N–H and O–H groups in total. The molecule has 1 aliphatic rings. The van der Waals surface area contributed by atoms with Gasteiger partial charge in [-0.1, -0.05) is 6.92 Å². The summed E-state index contributed by atoms with van der Waals surface area (Å²) in [5, 5.41) is 8.74. The third-order valence-electron chi connectivity index (χ3n) is 3.21. The van der Waals surface area contributed by atoms with Crippen LogP contribution in [-0.2, 0) is 14.8 Å². The van der Waals surface area contributed by atoms with E-state index in [4.69, 9.17) is 4.74 Å². The largest absolute Gasteiger partial charge is 0.466 e. The van der Waals surface area contributed by atoms with E-state index in [1.54, 1.807) is 6.92 Å². The number of nitrogens with zero attached hydrogens (tertiary/aromatic N) is 3. The molecule has 1 aromatic rings. The highest BCUT2D eigenvalue weighted by molar-refractivity contribution is 7.89. The second kappa shape index (κ2) is 6.39. The van der Waals surface area contributed by atoms with Gasteiger partial charge in [0.2, 0.25) is 21.9 Å². The molecule has 1 aliphatic heterocycles. The Balaban J connectivity index is 2.07. The Bertz CT molecular complexity index is 600. The number of rotatable bonds is 6. The van der Waals surface area contributed by atoms with Crippen LogP contribution in [-0.4, -0.2) is 59.3 Å². The van der Waals surface area contributed by atoms with Crippen molar-refractivity contribution >= 4 is 21.9 Å². The summed E-state index contributed by atoms with van der Waals surface area (Å²) in [5.74, 6) is -0.227. The predicted octanol–water partition coefficient (Wildman–Crippen LogP) is -0.0440. The number of aromatic amines is 1. The first-order chi connectivity index (χ1) is 9.97. The topological polar surface area (TPSA) is 117 Å². The van der Waals surface area contributed by atoms with Crippen molar-refractivity contribution in [1.82, 2.24) is 19.5 Å². The molecule has 1 amide bonds. The van der Waals surface area contributed by atoms with Gasteiger partial charge in [-0.25, -0.2) is 13.5 Å². The number of nitrogens with one attached hydrogen (secondary N) is 2. The van der Waals surface area contributed by atoms with Gasteiger partial charge < -0.3 is 4.74 Å². The van der Waals surface area contributed by atoms with Crippen molar-refractivity contribution in [2.75, 3.05) is 24.7 Å². The summed E-state index contributed by atoms with van der Waals surface area (Å²) in [6, 6.07) is -0.593. The summed E-state index contributed by atoms with van der Waals surface area (Å²) >= 11 is 0. The Morgan fingerprint density at radius 2 is 2.33 bits per heavy atom. The van der Waals surface area contributed by atoms with Crippen LogP contribution in [0.1, 0.15) is 26.2 Å². The molecule has 0 aromatic carbocycles. The van der Waals surface area contributed by atoms with Gasteiger partial charge in [-0.15, -0.1) is 5.10 Å². The van der Waals surface area contributed by atoms with Crippen LogP contribution in [0.4, 0.5) is 5.95 Å². The van der Waals surface area contributed by atoms with Crippen molar-refractivity contribution < 1.29 is 17.9 Å². The van der Waals surface area contributed by atoms with Crippen molar-refractivity contribution in [3.63, 3.8) is 0 Å². The molecule has 118 valence electrons. The number of ether oxygens (including phenoxy) is 1. The first-order valence-electron chi connectivity index (χ1n) is 6.74. The molecular formula is C11H19N5O4S. The second-order valence-electron chi connectivity index (χ2n) is 4.74. The van der Waals surface area contributed by atoms with Gasteiger partial charge in [-0.3, -0.25) is 10.1 Å². The molecule has 1 fully saturated rings. The third-order valence-corrected chi connectivity index (χ3v) is 5.29. The van der Waals surface area contributed by atoms with Gasteiger partial charge in [0.15, 0.2) is 0 Å². The molecule has 10 heteroatoms. The minimum atomic E-state index is -3.39. The number of sulfonamides is 1. The smallest absolute Gasteiger partial charge is 0.336 e. The Labute approximate surface area is 123 Å². The molecule has 2 rings (SSSR count). The van der Waals surface area contributed by atoms with Crippen LogP contribution in [0, 0.1) is 0 Å². The Hall–Kier alpha value is -1.68. The summed E-state index contributed by atoms with van der Waals surface area (Å²) in [7, 11) is -1.99. The van der Waals surface area contributed by atoms with Gasteiger partial charge in [-0.05, 0) is 19.3 Å². The SMILES string of the molecule is CCCS(=O)(=O)N1CCCC1C(=O)Nc1nc(OC)n[nH]1. The van der Waals surface area contributed by atoms with Crippen LogP contribution in [0.3, 0.4) is 0 Å². The minimum Gasteiger partial charge on any atom is -0.466 e. The normalized spacial score (nSPS) is 19.6. The number of H-pyrrole nitrogens is 1. The first-order valence-corrected chi connectivity index (χ1v) is 8.35. The average Bonchev–Trinajstić information content (AvgIpc) is 3.07. The maximum atomic E-state index is 12.2. The van der Waals surface area contributed by atoms with Crippen molar-refractivity contribution in [2.24, 2.45) is 0 Å². The number of hydrogen-bond donors (Lipinski definition) is 2. The van der Waals surface area contributed by atoms with Gasteiger partial charge in [0.1, 0.15) is 6.04 Å². The van der Waals surface area contributed by atoms with Gasteiger partial charge in [0.05, 0.1) is 12.9 Å². The quantitative estimate of drug-likeness (QED) is 0.760. The zero-order valence-electron chi connectivity index (χ0n) is 12.0. The van der Waals surface area contributed by atoms with Crippen molar-refractivity contribution in [2.45, 2.75) is 32.2 Å². The van der Waals surface area contributed by atoms with Crippen LogP contribution in [0.5, 0.6) is 6.01 Å². The highest BCUT2D eigenvalue weighted by Crippen LogP contribution is 2.23. The molecule has 1 saturated heterocycles. The average molecular weight is 317 g/mol. The Morgan fingerprint density at radius 3 is 2.95 bits per heavy atom. The lowest BCUT2D eigenvalue weighted by Gasteiger charge is -2.22. The van der Waals surface area contributed by atoms with Gasteiger partial charge in [-0.2, -0.15) is 9.29 Å². The molecule has 0 radical (unpaired) electrons. The van der Waals surface area contributed by atoms with Crippen LogP contribution in [0.15, 0.2) is 0 Å². The molecule has 9 nitrogen and oxygen atoms in total. The molecule has 21 heavy (non-hydrogen) atoms. The molecule has 0 aliphatic carbocycles. The van der Waals surface area contributed by atoms with Crippen molar-refractivity contribution in [3.05, 3.63) is 0 Å². The number of hydrogen-bond acceptors (Lipinski definition) is 6. The summed E-state index contributed by atoms with van der Waals surface area (Å²) in [4.78, 5) is 16.1. The van der Waals surface area contributed by atoms with E-state index in [0.717, 1.165) is 0 Å². The van der Waals surface area contributed by atoms with Crippen LogP contribution in [0.2, 0.25) is 0 Å². The molecule has 1 atom stereocenters. The van der Waals surface area contributed by atoms with Gasteiger partial charge in [0.25, 0.3) is 0 Å². The van der Waals surface area contributed by atoms with Crippen LogP contribution in [0.25, 0.3) is 0 Å². The van der Waals surface area contributed by atoms with E-state index >= 15 is 0 Å². The number of aromatic nitrogens is 3. The van der Waals surface area contributed by atoms with Gasteiger partial charge >= 0.3 is 6.01 Å². The molecule has 2 heterocycles.